The van der Waals surface area contributed by atoms with Gasteiger partial charge in [0.05, 0.1) is 4.88 Å². The summed E-state index contributed by atoms with van der Waals surface area (Å²) >= 11 is 1.41. The van der Waals surface area contributed by atoms with Gasteiger partial charge in [-0.3, -0.25) is 9.59 Å². The zero-order valence-electron chi connectivity index (χ0n) is 11.5. The van der Waals surface area contributed by atoms with Gasteiger partial charge in [0.25, 0.3) is 5.91 Å². The topological polar surface area (TPSA) is 74.0 Å². The summed E-state index contributed by atoms with van der Waals surface area (Å²) < 4.78 is 0. The van der Waals surface area contributed by atoms with Crippen molar-refractivity contribution in [2.75, 3.05) is 13.1 Å². The van der Waals surface area contributed by atoms with Crippen LogP contribution in [0.2, 0.25) is 0 Å². The Kier molecular flexibility index (Phi) is 5.78. The lowest BCUT2D eigenvalue weighted by molar-refractivity contribution is -0.116. The summed E-state index contributed by atoms with van der Waals surface area (Å²) in [6.45, 7) is 1.07. The normalized spacial score (nSPS) is 10.7. The summed E-state index contributed by atoms with van der Waals surface area (Å²) in [4.78, 5) is 26.8. The number of H-pyrrole nitrogens is 1. The number of hydrogen-bond acceptors (Lipinski definition) is 3. The molecule has 2 amide bonds. The summed E-state index contributed by atoms with van der Waals surface area (Å²) in [6.07, 6.45) is 5.69. The van der Waals surface area contributed by atoms with E-state index >= 15 is 0 Å². The average molecular weight is 303 g/mol. The van der Waals surface area contributed by atoms with Crippen molar-refractivity contribution in [3.05, 3.63) is 52.5 Å². The Morgan fingerprint density at radius 3 is 2.76 bits per heavy atom. The summed E-state index contributed by atoms with van der Waals surface area (Å²) in [7, 11) is 0. The molecule has 2 aromatic rings. The van der Waals surface area contributed by atoms with Crippen LogP contribution in [0.1, 0.15) is 21.8 Å². The Hall–Kier alpha value is -2.34. The van der Waals surface area contributed by atoms with Gasteiger partial charge in [-0.2, -0.15) is 0 Å². The number of aromatic nitrogens is 1. The van der Waals surface area contributed by atoms with Crippen LogP contribution in [-0.4, -0.2) is 29.9 Å². The third-order valence-corrected chi connectivity index (χ3v) is 3.59. The summed E-state index contributed by atoms with van der Waals surface area (Å²) in [5, 5.41) is 7.44. The zero-order valence-corrected chi connectivity index (χ0v) is 12.3. The molecule has 0 saturated carbocycles. The molecule has 0 atom stereocenters. The van der Waals surface area contributed by atoms with Crippen LogP contribution in [-0.2, 0) is 4.79 Å². The number of thiophene rings is 1. The number of nitrogens with one attached hydrogen (secondary N) is 3. The van der Waals surface area contributed by atoms with Crippen LogP contribution in [0.15, 0.2) is 41.9 Å². The second-order valence-electron chi connectivity index (χ2n) is 4.34. The van der Waals surface area contributed by atoms with Gasteiger partial charge in [0.2, 0.25) is 5.91 Å². The molecule has 0 radical (unpaired) electrons. The lowest BCUT2D eigenvalue weighted by Crippen LogP contribution is -2.28. The Labute approximate surface area is 127 Å². The van der Waals surface area contributed by atoms with Crippen LogP contribution in [0, 0.1) is 0 Å². The quantitative estimate of drug-likeness (QED) is 0.541. The van der Waals surface area contributed by atoms with Crippen LogP contribution >= 0.6 is 11.3 Å². The molecule has 5 nitrogen and oxygen atoms in total. The van der Waals surface area contributed by atoms with E-state index in [2.05, 4.69) is 15.6 Å². The molecule has 6 heteroatoms. The summed E-state index contributed by atoms with van der Waals surface area (Å²) in [6, 6.07) is 7.38. The maximum absolute atomic E-state index is 11.6. The molecule has 2 heterocycles. The molecule has 0 unspecified atom stereocenters. The van der Waals surface area contributed by atoms with E-state index in [1.165, 1.54) is 17.4 Å². The fourth-order valence-electron chi connectivity index (χ4n) is 1.67. The minimum absolute atomic E-state index is 0.0667. The predicted octanol–water partition coefficient (Wildman–Crippen LogP) is 2.03. The molecule has 0 aromatic carbocycles. The maximum Gasteiger partial charge on any atom is 0.261 e. The van der Waals surface area contributed by atoms with Crippen LogP contribution in [0.5, 0.6) is 0 Å². The molecule has 0 aliphatic carbocycles. The molecule has 0 bridgehead atoms. The minimum atomic E-state index is -0.144. The van der Waals surface area contributed by atoms with Gasteiger partial charge in [-0.15, -0.1) is 11.3 Å². The van der Waals surface area contributed by atoms with E-state index in [1.54, 1.807) is 18.3 Å². The first-order valence-corrected chi connectivity index (χ1v) is 7.54. The van der Waals surface area contributed by atoms with Gasteiger partial charge in [-0.05, 0) is 36.1 Å². The minimum Gasteiger partial charge on any atom is -0.362 e. The fourth-order valence-corrected chi connectivity index (χ4v) is 2.31. The van der Waals surface area contributed by atoms with Gasteiger partial charge in [-0.1, -0.05) is 6.07 Å². The Balaban J connectivity index is 1.57. The van der Waals surface area contributed by atoms with Gasteiger partial charge in [-0.25, -0.2) is 0 Å². The summed E-state index contributed by atoms with van der Waals surface area (Å²) in [5.41, 5.74) is 0.883. The largest absolute Gasteiger partial charge is 0.362 e. The van der Waals surface area contributed by atoms with Crippen LogP contribution in [0.3, 0.4) is 0 Å². The zero-order chi connectivity index (χ0) is 14.9. The predicted molar refractivity (Wildman–Crippen MR) is 84.1 cm³/mol. The molecule has 3 N–H and O–H groups in total. The average Bonchev–Trinajstić information content (AvgIpc) is 3.17. The van der Waals surface area contributed by atoms with E-state index in [4.69, 9.17) is 0 Å². The molecule has 0 aliphatic heterocycles. The summed E-state index contributed by atoms with van der Waals surface area (Å²) in [5.74, 6) is -0.211. The molecule has 110 valence electrons. The number of amides is 2. The third kappa shape index (κ3) is 5.27. The molecule has 0 spiro atoms. The van der Waals surface area contributed by atoms with Crippen molar-refractivity contribution in [3.8, 4) is 0 Å². The number of carbonyl (C=O) groups excluding carboxylic acids is 2. The van der Waals surface area contributed by atoms with Crippen molar-refractivity contribution in [1.29, 1.82) is 0 Å². The molecular weight excluding hydrogens is 286 g/mol. The van der Waals surface area contributed by atoms with Crippen molar-refractivity contribution < 1.29 is 9.59 Å². The van der Waals surface area contributed by atoms with Crippen LogP contribution in [0.4, 0.5) is 0 Å². The van der Waals surface area contributed by atoms with E-state index in [9.17, 15) is 9.59 Å². The SMILES string of the molecule is O=C(/C=C/c1ccc[nH]1)NCCCNC(=O)c1cccs1. The molecule has 2 rings (SSSR count). The molecular formula is C15H17N3O2S. The first-order valence-electron chi connectivity index (χ1n) is 6.67. The second-order valence-corrected chi connectivity index (χ2v) is 5.28. The molecule has 2 aromatic heterocycles. The van der Waals surface area contributed by atoms with Crippen molar-refractivity contribution in [2.24, 2.45) is 0 Å². The first-order chi connectivity index (χ1) is 10.3. The fraction of sp³-hybridized carbons (Fsp3) is 0.200. The van der Waals surface area contributed by atoms with Crippen molar-refractivity contribution in [2.45, 2.75) is 6.42 Å². The Morgan fingerprint density at radius 1 is 1.19 bits per heavy atom. The van der Waals surface area contributed by atoms with Gasteiger partial charge in [0.1, 0.15) is 0 Å². The third-order valence-electron chi connectivity index (χ3n) is 2.72. The standard InChI is InChI=1S/C15H17N3O2S/c19-14(7-6-12-4-1-8-16-12)17-9-3-10-18-15(20)13-5-2-11-21-13/h1-2,4-8,11,16H,3,9-10H2,(H,17,19)(H,18,20)/b7-6+. The van der Waals surface area contributed by atoms with Crippen molar-refractivity contribution in [3.63, 3.8) is 0 Å². The molecule has 21 heavy (non-hydrogen) atoms. The lowest BCUT2D eigenvalue weighted by atomic mass is 10.3. The number of aromatic amines is 1. The van der Waals surface area contributed by atoms with Crippen molar-refractivity contribution >= 4 is 29.2 Å². The highest BCUT2D eigenvalue weighted by atomic mass is 32.1. The Morgan fingerprint density at radius 2 is 2.05 bits per heavy atom. The van der Waals surface area contributed by atoms with Gasteiger partial charge >= 0.3 is 0 Å². The molecule has 0 saturated heterocycles. The second kappa shape index (κ2) is 8.06. The lowest BCUT2D eigenvalue weighted by Gasteiger charge is -2.04. The highest BCUT2D eigenvalue weighted by molar-refractivity contribution is 7.12. The maximum atomic E-state index is 11.6. The van der Waals surface area contributed by atoms with Gasteiger partial charge in [0, 0.05) is 31.1 Å². The van der Waals surface area contributed by atoms with Crippen molar-refractivity contribution in [1.82, 2.24) is 15.6 Å². The van der Waals surface area contributed by atoms with Gasteiger partial charge < -0.3 is 15.6 Å². The van der Waals surface area contributed by atoms with Crippen LogP contribution < -0.4 is 10.6 Å². The first kappa shape index (κ1) is 15.1. The number of hydrogen-bond donors (Lipinski definition) is 3. The Bertz CT molecular complexity index is 588. The van der Waals surface area contributed by atoms with E-state index in [-0.39, 0.29) is 11.8 Å². The van der Waals surface area contributed by atoms with E-state index in [0.29, 0.717) is 24.4 Å². The van der Waals surface area contributed by atoms with Crippen LogP contribution in [0.25, 0.3) is 6.08 Å². The molecule has 0 aliphatic rings. The van der Waals surface area contributed by atoms with E-state index in [1.807, 2.05) is 23.6 Å². The monoisotopic (exact) mass is 303 g/mol. The van der Waals surface area contributed by atoms with Gasteiger partial charge in [0.15, 0.2) is 0 Å². The highest BCUT2D eigenvalue weighted by Gasteiger charge is 2.04. The number of carbonyl (C=O) groups is 2. The molecule has 0 fully saturated rings. The number of rotatable bonds is 7. The van der Waals surface area contributed by atoms with E-state index < -0.39 is 0 Å². The van der Waals surface area contributed by atoms with E-state index in [0.717, 1.165) is 5.69 Å². The smallest absolute Gasteiger partial charge is 0.261 e. The highest BCUT2D eigenvalue weighted by Crippen LogP contribution is 2.07.